The van der Waals surface area contributed by atoms with Gasteiger partial charge in [-0.2, -0.15) is 0 Å². The van der Waals surface area contributed by atoms with Gasteiger partial charge in [0.25, 0.3) is 0 Å². The van der Waals surface area contributed by atoms with Gasteiger partial charge in [0.05, 0.1) is 0 Å². The van der Waals surface area contributed by atoms with E-state index in [4.69, 9.17) is 40.0 Å². The number of unbranched alkanes of at least 4 members (excludes halogenated alkanes) is 3. The van der Waals surface area contributed by atoms with Gasteiger partial charge in [-0.3, -0.25) is 0 Å². The van der Waals surface area contributed by atoms with Crippen molar-refractivity contribution in [2.45, 2.75) is 116 Å². The minimum Gasteiger partial charge on any atom is -0.487 e. The van der Waals surface area contributed by atoms with Crippen LogP contribution in [0.15, 0.2) is 24.3 Å². The molecule has 6 nitrogen and oxygen atoms in total. The predicted octanol–water partition coefficient (Wildman–Crippen LogP) is 8.79. The number of hydrogen-bond acceptors (Lipinski definition) is 6. The molecule has 2 aromatic carbocycles. The lowest BCUT2D eigenvalue weighted by Gasteiger charge is -2.28. The van der Waals surface area contributed by atoms with Crippen LogP contribution in [0.1, 0.15) is 103 Å². The van der Waals surface area contributed by atoms with Crippen LogP contribution in [0.3, 0.4) is 0 Å². The van der Waals surface area contributed by atoms with Crippen molar-refractivity contribution in [3.63, 3.8) is 0 Å². The maximum absolute atomic E-state index is 6.51. The molecule has 242 valence electrons. The van der Waals surface area contributed by atoms with Crippen LogP contribution in [0.25, 0.3) is 0 Å². The fourth-order valence-electron chi connectivity index (χ4n) is 5.29. The topological polar surface area (TPSA) is 55.4 Å². The zero-order valence-electron chi connectivity index (χ0n) is 28.1. The van der Waals surface area contributed by atoms with Crippen LogP contribution in [0.5, 0.6) is 23.0 Å². The van der Waals surface area contributed by atoms with Crippen LogP contribution in [0.4, 0.5) is 0 Å². The third-order valence-electron chi connectivity index (χ3n) is 7.86. The standard InChI is InChI=1S/C36H55ClO6/c1-10-12-13-14-15-39-28-23-42-33-18-29(35(3,4)5)25(11-2)16-31(33)40-21-27(38-9)22-41-32-17-26(20-37)30(36(6,7)8)19-34(32)43-24-28/h16-19,27-28H,10-15,20-24H2,1-9H3. The number of halogens is 1. The second-order valence-electron chi connectivity index (χ2n) is 13.6. The molecule has 0 saturated heterocycles. The lowest BCUT2D eigenvalue weighted by atomic mass is 9.83. The summed E-state index contributed by atoms with van der Waals surface area (Å²) in [5.41, 5.74) is 4.48. The van der Waals surface area contributed by atoms with Crippen molar-refractivity contribution >= 4 is 11.6 Å². The smallest absolute Gasteiger partial charge is 0.161 e. The molecule has 0 radical (unpaired) electrons. The Morgan fingerprint density at radius 3 is 1.58 bits per heavy atom. The molecule has 2 aromatic rings. The van der Waals surface area contributed by atoms with Crippen molar-refractivity contribution in [1.29, 1.82) is 0 Å². The second-order valence-corrected chi connectivity index (χ2v) is 13.8. The minimum absolute atomic E-state index is 0.0413. The third-order valence-corrected chi connectivity index (χ3v) is 8.15. The quantitative estimate of drug-likeness (QED) is 0.207. The highest BCUT2D eigenvalue weighted by Gasteiger charge is 2.26. The molecule has 43 heavy (non-hydrogen) atoms. The summed E-state index contributed by atoms with van der Waals surface area (Å²) in [6, 6.07) is 8.31. The average molecular weight is 619 g/mol. The zero-order valence-corrected chi connectivity index (χ0v) is 28.8. The van der Waals surface area contributed by atoms with E-state index >= 15 is 0 Å². The highest BCUT2D eigenvalue weighted by atomic mass is 35.5. The van der Waals surface area contributed by atoms with Crippen molar-refractivity contribution in [3.05, 3.63) is 46.5 Å². The number of fused-ring (bicyclic) bond motifs is 2. The lowest BCUT2D eigenvalue weighted by Crippen LogP contribution is -2.31. The van der Waals surface area contributed by atoms with Gasteiger partial charge in [0, 0.05) is 19.6 Å². The summed E-state index contributed by atoms with van der Waals surface area (Å²) < 4.78 is 37.8. The first-order valence-corrected chi connectivity index (χ1v) is 16.5. The zero-order chi connectivity index (χ0) is 31.6. The van der Waals surface area contributed by atoms with E-state index in [1.54, 1.807) is 7.11 Å². The number of ether oxygens (including phenoxy) is 6. The molecule has 0 aliphatic carbocycles. The summed E-state index contributed by atoms with van der Waals surface area (Å²) in [7, 11) is 1.67. The molecule has 1 aliphatic heterocycles. The van der Waals surface area contributed by atoms with Gasteiger partial charge in [0.15, 0.2) is 23.0 Å². The highest BCUT2D eigenvalue weighted by molar-refractivity contribution is 6.17. The molecular weight excluding hydrogens is 564 g/mol. The average Bonchev–Trinajstić information content (AvgIpc) is 2.96. The van der Waals surface area contributed by atoms with Crippen LogP contribution in [0.2, 0.25) is 0 Å². The van der Waals surface area contributed by atoms with Gasteiger partial charge in [-0.05, 0) is 70.2 Å². The van der Waals surface area contributed by atoms with Crippen LogP contribution in [0, 0.1) is 0 Å². The van der Waals surface area contributed by atoms with Crippen LogP contribution < -0.4 is 18.9 Å². The Hall–Kier alpha value is -2.15. The molecule has 0 saturated carbocycles. The summed E-state index contributed by atoms with van der Waals surface area (Å²) in [6.07, 6.45) is 4.83. The Morgan fingerprint density at radius 2 is 1.14 bits per heavy atom. The maximum atomic E-state index is 6.51. The molecule has 0 aromatic heterocycles. The van der Waals surface area contributed by atoms with Crippen molar-refractivity contribution in [1.82, 2.24) is 0 Å². The van der Waals surface area contributed by atoms with Crippen molar-refractivity contribution in [2.24, 2.45) is 0 Å². The first-order chi connectivity index (χ1) is 20.4. The van der Waals surface area contributed by atoms with E-state index in [9.17, 15) is 0 Å². The number of rotatable bonds is 9. The maximum Gasteiger partial charge on any atom is 0.161 e. The van der Waals surface area contributed by atoms with E-state index < -0.39 is 0 Å². The fraction of sp³-hybridized carbons (Fsp3) is 0.667. The summed E-state index contributed by atoms with van der Waals surface area (Å²) in [5, 5.41) is 0. The van der Waals surface area contributed by atoms with Crippen LogP contribution in [-0.2, 0) is 32.6 Å². The summed E-state index contributed by atoms with van der Waals surface area (Å²) in [6.45, 7) is 19.5. The fourth-order valence-corrected chi connectivity index (χ4v) is 5.51. The van der Waals surface area contributed by atoms with Gasteiger partial charge in [-0.15, -0.1) is 11.6 Å². The van der Waals surface area contributed by atoms with E-state index in [0.717, 1.165) is 30.4 Å². The van der Waals surface area contributed by atoms with E-state index in [1.165, 1.54) is 24.0 Å². The van der Waals surface area contributed by atoms with Gasteiger partial charge in [-0.1, -0.05) is 74.7 Å². The first-order valence-electron chi connectivity index (χ1n) is 16.0. The Bertz CT molecular complexity index is 1070. The van der Waals surface area contributed by atoms with Crippen LogP contribution in [-0.4, -0.2) is 52.4 Å². The summed E-state index contributed by atoms with van der Waals surface area (Å²) in [4.78, 5) is 0. The highest BCUT2D eigenvalue weighted by Crippen LogP contribution is 2.39. The number of benzene rings is 2. The molecule has 2 unspecified atom stereocenters. The molecule has 0 fully saturated rings. The third kappa shape index (κ3) is 10.2. The van der Waals surface area contributed by atoms with Gasteiger partial charge in [-0.25, -0.2) is 0 Å². The first kappa shape index (κ1) is 35.3. The molecular formula is C36H55ClO6. The van der Waals surface area contributed by atoms with Crippen LogP contribution >= 0.6 is 11.6 Å². The van der Waals surface area contributed by atoms with E-state index in [1.807, 2.05) is 6.07 Å². The normalized spacial score (nSPS) is 18.3. The van der Waals surface area contributed by atoms with E-state index in [-0.39, 0.29) is 29.6 Å². The largest absolute Gasteiger partial charge is 0.487 e. The number of alkyl halides is 1. The molecule has 2 atom stereocenters. The molecule has 3 rings (SSSR count). The van der Waals surface area contributed by atoms with Gasteiger partial charge < -0.3 is 28.4 Å². The van der Waals surface area contributed by atoms with Gasteiger partial charge >= 0.3 is 0 Å². The van der Waals surface area contributed by atoms with E-state index in [2.05, 4.69) is 73.6 Å². The number of hydrogen-bond donors (Lipinski definition) is 0. The minimum atomic E-state index is -0.308. The number of methoxy groups -OCH3 is 1. The number of aryl methyl sites for hydroxylation is 1. The summed E-state index contributed by atoms with van der Waals surface area (Å²) in [5.74, 6) is 3.08. The molecule has 0 N–H and O–H groups in total. The molecule has 0 bridgehead atoms. The molecule has 0 amide bonds. The van der Waals surface area contributed by atoms with Crippen molar-refractivity contribution < 1.29 is 28.4 Å². The van der Waals surface area contributed by atoms with Crippen molar-refractivity contribution in [3.8, 4) is 23.0 Å². The molecule has 1 heterocycles. The molecule has 0 spiro atoms. The SMILES string of the molecule is CCCCCCOC1COc2cc(C(C)(C)C)c(CC)cc2OCC(OC)COc2cc(CCl)c(C(C)(C)C)cc2OC1. The Labute approximate surface area is 265 Å². The van der Waals surface area contributed by atoms with E-state index in [0.29, 0.717) is 55.3 Å². The predicted molar refractivity (Wildman–Crippen MR) is 176 cm³/mol. The van der Waals surface area contributed by atoms with Gasteiger partial charge in [0.1, 0.15) is 38.6 Å². The van der Waals surface area contributed by atoms with Crippen molar-refractivity contribution in [2.75, 3.05) is 40.1 Å². The lowest BCUT2D eigenvalue weighted by molar-refractivity contribution is -0.0129. The summed E-state index contributed by atoms with van der Waals surface area (Å²) >= 11 is 6.41. The Kier molecular flexibility index (Phi) is 13.3. The molecule has 7 heteroatoms. The Morgan fingerprint density at radius 1 is 0.674 bits per heavy atom. The second kappa shape index (κ2) is 16.2. The van der Waals surface area contributed by atoms with Gasteiger partial charge in [0.2, 0.25) is 0 Å². The Balaban J connectivity index is 2.00. The molecule has 1 aliphatic rings. The monoisotopic (exact) mass is 618 g/mol.